The van der Waals surface area contributed by atoms with Gasteiger partial charge < -0.3 is 5.11 Å². The fourth-order valence-corrected chi connectivity index (χ4v) is 1.68. The molecule has 0 aliphatic heterocycles. The molecule has 2 atom stereocenters. The molecule has 0 aromatic carbocycles. The van der Waals surface area contributed by atoms with E-state index >= 15 is 0 Å². The highest BCUT2D eigenvalue weighted by atomic mass is 16.3. The van der Waals surface area contributed by atoms with Gasteiger partial charge in [-0.3, -0.25) is 0 Å². The van der Waals surface area contributed by atoms with E-state index in [4.69, 9.17) is 0 Å². The predicted octanol–water partition coefficient (Wildman–Crippen LogP) is 2.44. The van der Waals surface area contributed by atoms with Crippen LogP contribution in [0.15, 0.2) is 0 Å². The van der Waals surface area contributed by atoms with Crippen molar-refractivity contribution < 1.29 is 5.11 Å². The number of hydrogen-bond donors (Lipinski definition) is 1. The van der Waals surface area contributed by atoms with Crippen LogP contribution in [0, 0.1) is 11.3 Å². The Bertz CT molecular complexity index is 89.4. The van der Waals surface area contributed by atoms with Gasteiger partial charge in [0, 0.05) is 0 Å². The van der Waals surface area contributed by atoms with E-state index in [0.29, 0.717) is 5.92 Å². The molecule has 1 nitrogen and oxygen atoms in total. The lowest BCUT2D eigenvalue weighted by atomic mass is 9.76. The Morgan fingerprint density at radius 1 is 1.30 bits per heavy atom. The predicted molar refractivity (Wildman–Crippen MR) is 44.9 cm³/mol. The summed E-state index contributed by atoms with van der Waals surface area (Å²) in [6, 6.07) is 0. The number of rotatable bonds is 2. The summed E-state index contributed by atoms with van der Waals surface area (Å²) in [4.78, 5) is 0. The summed E-state index contributed by atoms with van der Waals surface area (Å²) in [5.41, 5.74) is 0.239. The van der Waals surface area contributed by atoms with E-state index in [-0.39, 0.29) is 11.5 Å². The van der Waals surface area contributed by atoms with Crippen LogP contribution in [0.3, 0.4) is 0 Å². The second-order valence-electron chi connectivity index (χ2n) is 4.12. The summed E-state index contributed by atoms with van der Waals surface area (Å²) in [5.74, 6) is 0.424. The van der Waals surface area contributed by atoms with Crippen LogP contribution in [0.4, 0.5) is 0 Å². The van der Waals surface area contributed by atoms with Crippen LogP contribution in [0.5, 0.6) is 0 Å². The van der Waals surface area contributed by atoms with E-state index in [1.165, 1.54) is 0 Å². The fraction of sp³-hybridized carbons (Fsp3) is 1.00. The molecular formula is C9H20O. The summed E-state index contributed by atoms with van der Waals surface area (Å²) in [7, 11) is 0. The molecule has 0 saturated carbocycles. The molecule has 0 heterocycles. The molecule has 0 aliphatic carbocycles. The number of aliphatic hydroxyl groups is 1. The maximum atomic E-state index is 9.35. The van der Waals surface area contributed by atoms with Crippen LogP contribution in [-0.2, 0) is 0 Å². The van der Waals surface area contributed by atoms with Crippen molar-refractivity contribution in [2.75, 3.05) is 0 Å². The zero-order chi connectivity index (χ0) is 8.36. The van der Waals surface area contributed by atoms with E-state index in [0.717, 1.165) is 6.42 Å². The molecule has 2 unspecified atom stereocenters. The normalized spacial score (nSPS) is 18.6. The Hall–Kier alpha value is -0.0400. The molecule has 0 aliphatic rings. The van der Waals surface area contributed by atoms with Gasteiger partial charge in [-0.2, -0.15) is 0 Å². The van der Waals surface area contributed by atoms with Crippen molar-refractivity contribution in [2.24, 2.45) is 11.3 Å². The standard InChI is InChI=1S/C9H20O/c1-6-8(7(2)10)9(3,4)5/h7-8,10H,6H2,1-5H3. The average molecular weight is 144 g/mol. The summed E-state index contributed by atoms with van der Waals surface area (Å²) < 4.78 is 0. The Morgan fingerprint density at radius 2 is 1.70 bits per heavy atom. The van der Waals surface area contributed by atoms with Crippen molar-refractivity contribution in [3.05, 3.63) is 0 Å². The first-order valence-electron chi connectivity index (χ1n) is 4.07. The quantitative estimate of drug-likeness (QED) is 0.631. The van der Waals surface area contributed by atoms with Crippen LogP contribution in [0.1, 0.15) is 41.0 Å². The Balaban J connectivity index is 4.07. The summed E-state index contributed by atoms with van der Waals surface area (Å²) in [6.45, 7) is 10.5. The third-order valence-corrected chi connectivity index (χ3v) is 2.13. The molecule has 1 N–H and O–H groups in total. The zero-order valence-electron chi connectivity index (χ0n) is 7.81. The van der Waals surface area contributed by atoms with E-state index in [2.05, 4.69) is 27.7 Å². The molecule has 0 saturated heterocycles. The molecule has 0 aromatic rings. The first kappa shape index (κ1) is 9.96. The van der Waals surface area contributed by atoms with Gasteiger partial charge in [0.15, 0.2) is 0 Å². The van der Waals surface area contributed by atoms with Crippen molar-refractivity contribution in [1.29, 1.82) is 0 Å². The van der Waals surface area contributed by atoms with Gasteiger partial charge >= 0.3 is 0 Å². The van der Waals surface area contributed by atoms with Crippen LogP contribution in [-0.4, -0.2) is 11.2 Å². The molecule has 0 bridgehead atoms. The second kappa shape index (κ2) is 3.38. The molecule has 0 radical (unpaired) electrons. The number of hydrogen-bond acceptors (Lipinski definition) is 1. The third-order valence-electron chi connectivity index (χ3n) is 2.13. The SMILES string of the molecule is CCC(C(C)O)C(C)(C)C. The molecule has 1 heteroatoms. The maximum absolute atomic E-state index is 9.35. The summed E-state index contributed by atoms with van der Waals surface area (Å²) >= 11 is 0. The summed E-state index contributed by atoms with van der Waals surface area (Å²) in [5, 5.41) is 9.35. The van der Waals surface area contributed by atoms with Gasteiger partial charge in [0.1, 0.15) is 0 Å². The highest BCUT2D eigenvalue weighted by Gasteiger charge is 2.26. The lowest BCUT2D eigenvalue weighted by Crippen LogP contribution is -2.29. The maximum Gasteiger partial charge on any atom is 0.0545 e. The topological polar surface area (TPSA) is 20.2 Å². The highest BCUT2D eigenvalue weighted by Crippen LogP contribution is 2.30. The molecular weight excluding hydrogens is 124 g/mol. The number of aliphatic hydroxyl groups excluding tert-OH is 1. The minimum Gasteiger partial charge on any atom is -0.393 e. The lowest BCUT2D eigenvalue weighted by Gasteiger charge is -2.31. The van der Waals surface area contributed by atoms with Crippen molar-refractivity contribution >= 4 is 0 Å². The first-order valence-corrected chi connectivity index (χ1v) is 4.07. The van der Waals surface area contributed by atoms with Gasteiger partial charge in [-0.05, 0) is 18.3 Å². The summed E-state index contributed by atoms with van der Waals surface area (Å²) in [6.07, 6.45) is 0.881. The van der Waals surface area contributed by atoms with Crippen LogP contribution >= 0.6 is 0 Å². The third kappa shape index (κ3) is 2.70. The Kier molecular flexibility index (Phi) is 3.37. The van der Waals surface area contributed by atoms with Crippen LogP contribution < -0.4 is 0 Å². The smallest absolute Gasteiger partial charge is 0.0545 e. The minimum atomic E-state index is -0.176. The Morgan fingerprint density at radius 3 is 1.70 bits per heavy atom. The highest BCUT2D eigenvalue weighted by molar-refractivity contribution is 4.76. The zero-order valence-corrected chi connectivity index (χ0v) is 7.81. The van der Waals surface area contributed by atoms with Crippen LogP contribution in [0.2, 0.25) is 0 Å². The van der Waals surface area contributed by atoms with E-state index in [1.807, 2.05) is 6.92 Å². The van der Waals surface area contributed by atoms with Gasteiger partial charge in [-0.25, -0.2) is 0 Å². The average Bonchev–Trinajstić information content (AvgIpc) is 1.60. The largest absolute Gasteiger partial charge is 0.393 e. The molecule has 0 amide bonds. The molecule has 0 spiro atoms. The molecule has 62 valence electrons. The van der Waals surface area contributed by atoms with E-state index in [9.17, 15) is 5.11 Å². The lowest BCUT2D eigenvalue weighted by molar-refractivity contribution is 0.0538. The van der Waals surface area contributed by atoms with Crippen molar-refractivity contribution in [3.63, 3.8) is 0 Å². The van der Waals surface area contributed by atoms with Gasteiger partial charge in [-0.1, -0.05) is 34.1 Å². The van der Waals surface area contributed by atoms with Gasteiger partial charge in [0.2, 0.25) is 0 Å². The van der Waals surface area contributed by atoms with E-state index < -0.39 is 0 Å². The second-order valence-corrected chi connectivity index (χ2v) is 4.12. The molecule has 0 fully saturated rings. The monoisotopic (exact) mass is 144 g/mol. The van der Waals surface area contributed by atoms with Crippen molar-refractivity contribution in [2.45, 2.75) is 47.1 Å². The van der Waals surface area contributed by atoms with E-state index in [1.54, 1.807) is 0 Å². The van der Waals surface area contributed by atoms with Crippen LogP contribution in [0.25, 0.3) is 0 Å². The fourth-order valence-electron chi connectivity index (χ4n) is 1.68. The van der Waals surface area contributed by atoms with Gasteiger partial charge in [0.05, 0.1) is 6.10 Å². The molecule has 10 heavy (non-hydrogen) atoms. The van der Waals surface area contributed by atoms with Gasteiger partial charge in [0.25, 0.3) is 0 Å². The first-order chi connectivity index (χ1) is 4.39. The minimum absolute atomic E-state index is 0.176. The molecule has 0 rings (SSSR count). The Labute approximate surface area is 64.5 Å². The molecule has 0 aromatic heterocycles. The van der Waals surface area contributed by atoms with Crippen molar-refractivity contribution in [1.82, 2.24) is 0 Å². The van der Waals surface area contributed by atoms with Gasteiger partial charge in [-0.15, -0.1) is 0 Å². The van der Waals surface area contributed by atoms with Crippen molar-refractivity contribution in [3.8, 4) is 0 Å².